The highest BCUT2D eigenvalue weighted by molar-refractivity contribution is 5.76. The number of hydrogen-bond donors (Lipinski definition) is 3. The quantitative estimate of drug-likeness (QED) is 0.0658. The molecule has 4 heteroatoms. The molecule has 0 bridgehead atoms. The highest BCUT2D eigenvalue weighted by Gasteiger charge is 2.17. The maximum atomic E-state index is 12.1. The van der Waals surface area contributed by atoms with Crippen molar-refractivity contribution in [1.82, 2.24) is 5.32 Å². The van der Waals surface area contributed by atoms with Gasteiger partial charge in [0, 0.05) is 6.42 Å². The van der Waals surface area contributed by atoms with Crippen molar-refractivity contribution >= 4 is 5.91 Å². The molecule has 0 saturated heterocycles. The topological polar surface area (TPSA) is 69.6 Å². The summed E-state index contributed by atoms with van der Waals surface area (Å²) in [7, 11) is 0. The van der Waals surface area contributed by atoms with E-state index >= 15 is 0 Å². The molecule has 1 amide bonds. The van der Waals surface area contributed by atoms with E-state index in [1.807, 2.05) is 6.08 Å². The first-order chi connectivity index (χ1) is 21.2. The van der Waals surface area contributed by atoms with E-state index in [1.165, 1.54) is 0 Å². The Hall–Kier alpha value is -2.95. The SMILES string of the molecule is CC/C=C\C/C=C\C/C=C\C/C=C\C/C=C\C/C=C\C/C=C\C/C=C\CCCCC(=O)NC(CO)C(O)/C=C/CCCC. The van der Waals surface area contributed by atoms with Gasteiger partial charge in [0.05, 0.1) is 18.8 Å². The molecule has 240 valence electrons. The van der Waals surface area contributed by atoms with E-state index in [4.69, 9.17) is 0 Å². The summed E-state index contributed by atoms with van der Waals surface area (Å²) in [5.41, 5.74) is 0. The van der Waals surface area contributed by atoms with Crippen molar-refractivity contribution in [2.75, 3.05) is 6.61 Å². The molecule has 0 aliphatic heterocycles. The number of nitrogens with one attached hydrogen (secondary N) is 1. The summed E-state index contributed by atoms with van der Waals surface area (Å²) in [6, 6.07) is -0.648. The smallest absolute Gasteiger partial charge is 0.220 e. The molecular formula is C39H61NO3. The van der Waals surface area contributed by atoms with E-state index in [1.54, 1.807) is 6.08 Å². The molecule has 0 fully saturated rings. The number of hydrogen-bond acceptors (Lipinski definition) is 3. The number of aliphatic hydroxyl groups excluding tert-OH is 2. The van der Waals surface area contributed by atoms with Crippen molar-refractivity contribution in [3.8, 4) is 0 Å². The van der Waals surface area contributed by atoms with Gasteiger partial charge in [0.25, 0.3) is 0 Å². The van der Waals surface area contributed by atoms with Crippen molar-refractivity contribution < 1.29 is 15.0 Å². The Bertz CT molecular complexity index is 901. The zero-order chi connectivity index (χ0) is 31.5. The van der Waals surface area contributed by atoms with Crippen LogP contribution < -0.4 is 5.32 Å². The number of aliphatic hydroxyl groups is 2. The molecule has 0 rings (SSSR count). The first-order valence-electron chi connectivity index (χ1n) is 16.6. The molecule has 0 saturated carbocycles. The lowest BCUT2D eigenvalue weighted by Crippen LogP contribution is -2.45. The fourth-order valence-electron chi connectivity index (χ4n) is 3.94. The highest BCUT2D eigenvalue weighted by atomic mass is 16.3. The Labute approximate surface area is 264 Å². The Kier molecular flexibility index (Phi) is 31.2. The largest absolute Gasteiger partial charge is 0.394 e. The fourth-order valence-corrected chi connectivity index (χ4v) is 3.94. The predicted molar refractivity (Wildman–Crippen MR) is 188 cm³/mol. The van der Waals surface area contributed by atoms with Gasteiger partial charge in [-0.1, -0.05) is 136 Å². The van der Waals surface area contributed by atoms with Gasteiger partial charge in [-0.3, -0.25) is 4.79 Å². The van der Waals surface area contributed by atoms with Crippen LogP contribution in [0.2, 0.25) is 0 Å². The zero-order valence-electron chi connectivity index (χ0n) is 27.2. The molecule has 0 heterocycles. The number of unbranched alkanes of at least 4 members (excludes halogenated alkanes) is 4. The van der Waals surface area contributed by atoms with Crippen LogP contribution in [0.1, 0.15) is 110 Å². The minimum atomic E-state index is -0.860. The minimum Gasteiger partial charge on any atom is -0.394 e. The monoisotopic (exact) mass is 591 g/mol. The zero-order valence-corrected chi connectivity index (χ0v) is 27.2. The maximum Gasteiger partial charge on any atom is 0.220 e. The standard InChI is InChI=1S/C39H61NO3/c1-3-5-7-9-10-11-12-13-14-15-16-17-18-19-20-21-22-23-24-25-26-27-28-29-30-31-33-35-39(43)40-37(36-41)38(42)34-32-8-6-4-2/h5,7,10-11,13-14,16-17,19-20,22-23,25-26,28-29,32,34,37-38,41-42H,3-4,6,8-9,12,15,18,21,24,27,30-31,33,35-36H2,1-2H3,(H,40,43)/b7-5-,11-10-,14-13-,17-16-,20-19-,23-22-,26-25-,29-28-,34-32+. The van der Waals surface area contributed by atoms with Gasteiger partial charge in [0.15, 0.2) is 0 Å². The first-order valence-corrected chi connectivity index (χ1v) is 16.6. The van der Waals surface area contributed by atoms with Gasteiger partial charge in [-0.15, -0.1) is 0 Å². The molecule has 0 aliphatic rings. The van der Waals surface area contributed by atoms with Gasteiger partial charge in [0.1, 0.15) is 0 Å². The van der Waals surface area contributed by atoms with E-state index in [0.29, 0.717) is 6.42 Å². The summed E-state index contributed by atoms with van der Waals surface area (Å²) in [4.78, 5) is 12.1. The van der Waals surface area contributed by atoms with Crippen molar-refractivity contribution in [3.05, 3.63) is 109 Å². The van der Waals surface area contributed by atoms with E-state index in [0.717, 1.165) is 89.9 Å². The van der Waals surface area contributed by atoms with Crippen molar-refractivity contribution in [1.29, 1.82) is 0 Å². The van der Waals surface area contributed by atoms with Gasteiger partial charge in [0.2, 0.25) is 5.91 Å². The van der Waals surface area contributed by atoms with Crippen molar-refractivity contribution in [2.24, 2.45) is 0 Å². The van der Waals surface area contributed by atoms with E-state index < -0.39 is 12.1 Å². The molecule has 43 heavy (non-hydrogen) atoms. The second kappa shape index (κ2) is 33.6. The molecule has 0 radical (unpaired) electrons. The molecule has 2 atom stereocenters. The van der Waals surface area contributed by atoms with Crippen LogP contribution in [0.5, 0.6) is 0 Å². The summed E-state index contributed by atoms with van der Waals surface area (Å²) in [5.74, 6) is -0.124. The third-order valence-corrected chi connectivity index (χ3v) is 6.51. The first kappa shape index (κ1) is 40.1. The van der Waals surface area contributed by atoms with Gasteiger partial charge >= 0.3 is 0 Å². The van der Waals surface area contributed by atoms with Crippen LogP contribution in [0.3, 0.4) is 0 Å². The summed E-state index contributed by atoms with van der Waals surface area (Å²) < 4.78 is 0. The van der Waals surface area contributed by atoms with E-state index in [2.05, 4.69) is 116 Å². The second-order valence-corrected chi connectivity index (χ2v) is 10.5. The van der Waals surface area contributed by atoms with Crippen LogP contribution in [0.15, 0.2) is 109 Å². The van der Waals surface area contributed by atoms with Crippen LogP contribution in [-0.2, 0) is 4.79 Å². The lowest BCUT2D eigenvalue weighted by molar-refractivity contribution is -0.123. The molecule has 2 unspecified atom stereocenters. The number of allylic oxidation sites excluding steroid dienone is 17. The Morgan fingerprint density at radius 2 is 1.00 bits per heavy atom. The number of rotatable bonds is 27. The fraction of sp³-hybridized carbons (Fsp3) is 0.513. The van der Waals surface area contributed by atoms with Crippen LogP contribution in [0.25, 0.3) is 0 Å². The third kappa shape index (κ3) is 30.3. The molecule has 3 N–H and O–H groups in total. The molecular weight excluding hydrogens is 530 g/mol. The Balaban J connectivity index is 3.75. The number of amides is 1. The van der Waals surface area contributed by atoms with Gasteiger partial charge in [-0.2, -0.15) is 0 Å². The van der Waals surface area contributed by atoms with E-state index in [9.17, 15) is 15.0 Å². The summed E-state index contributed by atoms with van der Waals surface area (Å²) in [5, 5.41) is 22.4. The molecule has 0 aromatic rings. The highest BCUT2D eigenvalue weighted by Crippen LogP contribution is 2.05. The summed E-state index contributed by atoms with van der Waals surface area (Å²) >= 11 is 0. The van der Waals surface area contributed by atoms with Crippen LogP contribution in [-0.4, -0.2) is 34.9 Å². The lowest BCUT2D eigenvalue weighted by atomic mass is 10.1. The van der Waals surface area contributed by atoms with E-state index in [-0.39, 0.29) is 12.5 Å². The Morgan fingerprint density at radius 3 is 1.42 bits per heavy atom. The van der Waals surface area contributed by atoms with Crippen molar-refractivity contribution in [2.45, 2.75) is 122 Å². The van der Waals surface area contributed by atoms with Gasteiger partial charge < -0.3 is 15.5 Å². The van der Waals surface area contributed by atoms with Crippen LogP contribution in [0, 0.1) is 0 Å². The number of carbonyl (C=O) groups is 1. The average Bonchev–Trinajstić information content (AvgIpc) is 3.01. The average molecular weight is 592 g/mol. The molecule has 0 aromatic carbocycles. The summed E-state index contributed by atoms with van der Waals surface area (Å²) in [6.07, 6.45) is 52.1. The predicted octanol–water partition coefficient (Wildman–Crippen LogP) is 9.72. The molecule has 4 nitrogen and oxygen atoms in total. The Morgan fingerprint density at radius 1 is 0.581 bits per heavy atom. The number of carbonyl (C=O) groups excluding carboxylic acids is 1. The van der Waals surface area contributed by atoms with Crippen LogP contribution >= 0.6 is 0 Å². The van der Waals surface area contributed by atoms with Gasteiger partial charge in [-0.05, 0) is 77.0 Å². The second-order valence-electron chi connectivity index (χ2n) is 10.5. The molecule has 0 spiro atoms. The van der Waals surface area contributed by atoms with Gasteiger partial charge in [-0.25, -0.2) is 0 Å². The summed E-state index contributed by atoms with van der Waals surface area (Å²) in [6.45, 7) is 4.00. The molecule has 0 aliphatic carbocycles. The van der Waals surface area contributed by atoms with Crippen LogP contribution in [0.4, 0.5) is 0 Å². The third-order valence-electron chi connectivity index (χ3n) is 6.51. The molecule has 0 aromatic heterocycles. The normalized spacial score (nSPS) is 14.6. The minimum absolute atomic E-state index is 0.124. The lowest BCUT2D eigenvalue weighted by Gasteiger charge is -2.19. The maximum absolute atomic E-state index is 12.1. The van der Waals surface area contributed by atoms with Crippen molar-refractivity contribution in [3.63, 3.8) is 0 Å².